The molecular weight excluding hydrogens is 863 g/mol. The molecule has 0 aliphatic rings. The Kier molecular flexibility index (Phi) is 16.9. The van der Waals surface area contributed by atoms with Crippen molar-refractivity contribution >= 4 is 86.6 Å². The molecule has 9 aromatic rings. The maximum absolute atomic E-state index is 9.47. The van der Waals surface area contributed by atoms with Crippen LogP contribution in [-0.2, 0) is 0 Å². The zero-order valence-corrected chi connectivity index (χ0v) is 40.4. The number of phenols is 1. The molecule has 0 saturated carbocycles. The first-order valence-electron chi connectivity index (χ1n) is 22.8. The molecule has 3 N–H and O–H groups in total. The van der Waals surface area contributed by atoms with Crippen LogP contribution in [-0.4, -0.2) is 63.2 Å². The first kappa shape index (κ1) is 48.9. The highest BCUT2D eigenvalue weighted by atomic mass is 16.3. The lowest BCUT2D eigenvalue weighted by atomic mass is 10.1. The third-order valence-corrected chi connectivity index (χ3v) is 10.7. The number of anilines is 3. The molecule has 0 spiro atoms. The van der Waals surface area contributed by atoms with Crippen LogP contribution in [0.1, 0.15) is 44.9 Å². The number of fused-ring (bicyclic) bond motifs is 3. The lowest BCUT2D eigenvalue weighted by Gasteiger charge is -2.10. The van der Waals surface area contributed by atoms with Gasteiger partial charge in [-0.2, -0.15) is 0 Å². The number of pyridine rings is 6. The number of nitrogen functional groups attached to an aromatic ring is 1. The van der Waals surface area contributed by atoms with Gasteiger partial charge < -0.3 is 20.6 Å². The molecule has 6 aromatic heterocycles. The standard InChI is InChI=1S/C21H21N3.C20H19N3O.C19H17N3/c1-16-8-12-20-18(14-16)10-11-19(23-20)7-5-4-6-17-9-13-21(22-15-17)24(2)3;1-23(2)20-12-7-15(14-21-20)5-3-4-6-17-9-8-16-13-18(24)10-11-19(16)22-17;1-14-6-10-18-16(12-14)8-9-17(22-18)5-3-2-4-15-7-11-19(20)21-13-15/h4-15H,1-3H3;3-14,24H,1-2H3;2-13H,1H3,(H2,20,21)/b6-4+,7-5+;5-3+,6-4+;4-2+,5-3+. The summed E-state index contributed by atoms with van der Waals surface area (Å²) in [6.45, 7) is 4.18. The van der Waals surface area contributed by atoms with Crippen LogP contribution in [0.3, 0.4) is 0 Å². The number of aryl methyl sites for hydroxylation is 2. The van der Waals surface area contributed by atoms with Crippen molar-refractivity contribution in [3.05, 3.63) is 227 Å². The summed E-state index contributed by atoms with van der Waals surface area (Å²) in [4.78, 5) is 30.6. The van der Waals surface area contributed by atoms with Gasteiger partial charge in [-0.15, -0.1) is 0 Å². The molecule has 0 saturated heterocycles. The number of rotatable bonds is 11. The highest BCUT2D eigenvalue weighted by Crippen LogP contribution is 2.20. The summed E-state index contributed by atoms with van der Waals surface area (Å²) in [5, 5.41) is 12.7. The Morgan fingerprint density at radius 2 is 0.771 bits per heavy atom. The highest BCUT2D eigenvalue weighted by molar-refractivity contribution is 5.82. The Morgan fingerprint density at radius 3 is 1.14 bits per heavy atom. The number of allylic oxidation sites excluding steroid dienone is 6. The van der Waals surface area contributed by atoms with Crippen molar-refractivity contribution in [3.8, 4) is 5.75 Å². The minimum Gasteiger partial charge on any atom is -0.508 e. The summed E-state index contributed by atoms with van der Waals surface area (Å²) in [5.74, 6) is 2.68. The topological polar surface area (TPSA) is 130 Å². The third kappa shape index (κ3) is 14.7. The van der Waals surface area contributed by atoms with Gasteiger partial charge in [0, 0.05) is 62.9 Å². The molecular formula is C60H57N9O. The average Bonchev–Trinajstić information content (AvgIpc) is 3.36. The van der Waals surface area contributed by atoms with Gasteiger partial charge in [0.25, 0.3) is 0 Å². The van der Waals surface area contributed by atoms with Crippen LogP contribution in [0.4, 0.5) is 17.5 Å². The molecule has 0 bridgehead atoms. The van der Waals surface area contributed by atoms with Crippen molar-refractivity contribution in [2.24, 2.45) is 0 Å². The van der Waals surface area contributed by atoms with Crippen LogP contribution in [0.25, 0.3) is 69.2 Å². The van der Waals surface area contributed by atoms with E-state index in [1.54, 1.807) is 24.4 Å². The van der Waals surface area contributed by atoms with Gasteiger partial charge in [-0.3, -0.25) is 0 Å². The van der Waals surface area contributed by atoms with E-state index in [2.05, 4.69) is 98.3 Å². The normalized spacial score (nSPS) is 11.6. The number of nitrogens with two attached hydrogens (primary N) is 1. The molecule has 348 valence electrons. The number of nitrogens with zero attached hydrogens (tertiary/aromatic N) is 8. The van der Waals surface area contributed by atoms with Crippen molar-refractivity contribution in [3.63, 3.8) is 0 Å². The molecule has 0 aliphatic heterocycles. The summed E-state index contributed by atoms with van der Waals surface area (Å²) < 4.78 is 0. The number of phenolic OH excluding ortho intramolecular Hbond substituents is 1. The molecule has 70 heavy (non-hydrogen) atoms. The minimum absolute atomic E-state index is 0.254. The summed E-state index contributed by atoms with van der Waals surface area (Å²) >= 11 is 0. The number of benzene rings is 3. The first-order chi connectivity index (χ1) is 33.9. The van der Waals surface area contributed by atoms with Crippen molar-refractivity contribution in [1.82, 2.24) is 29.9 Å². The van der Waals surface area contributed by atoms with Crippen LogP contribution in [0.15, 0.2) is 182 Å². The maximum Gasteiger partial charge on any atom is 0.127 e. The van der Waals surface area contributed by atoms with E-state index in [0.717, 1.165) is 67.3 Å². The predicted molar refractivity (Wildman–Crippen MR) is 296 cm³/mol. The van der Waals surface area contributed by atoms with Crippen LogP contribution in [0.5, 0.6) is 5.75 Å². The van der Waals surface area contributed by atoms with Gasteiger partial charge in [-0.1, -0.05) is 96.1 Å². The fourth-order valence-corrected chi connectivity index (χ4v) is 6.93. The molecule has 0 aliphatic carbocycles. The van der Waals surface area contributed by atoms with E-state index < -0.39 is 0 Å². The van der Waals surface area contributed by atoms with Gasteiger partial charge in [0.2, 0.25) is 0 Å². The molecule has 0 fully saturated rings. The second-order valence-electron chi connectivity index (χ2n) is 16.8. The fraction of sp³-hybridized carbons (Fsp3) is 0.100. The van der Waals surface area contributed by atoms with Crippen LogP contribution in [0, 0.1) is 13.8 Å². The summed E-state index contributed by atoms with van der Waals surface area (Å²) in [5.41, 5.74) is 16.9. The van der Waals surface area contributed by atoms with Gasteiger partial charge >= 0.3 is 0 Å². The Labute approximate surface area is 410 Å². The maximum atomic E-state index is 9.47. The van der Waals surface area contributed by atoms with Crippen LogP contribution in [0.2, 0.25) is 0 Å². The monoisotopic (exact) mass is 919 g/mol. The molecule has 10 heteroatoms. The fourth-order valence-electron chi connectivity index (χ4n) is 6.93. The quantitative estimate of drug-likeness (QED) is 0.121. The summed E-state index contributed by atoms with van der Waals surface area (Å²) in [7, 11) is 7.91. The van der Waals surface area contributed by atoms with Gasteiger partial charge in [-0.05, 0) is 146 Å². The van der Waals surface area contributed by atoms with E-state index in [1.165, 1.54) is 21.9 Å². The Bertz CT molecular complexity index is 3200. The number of aromatic hydroxyl groups is 1. The first-order valence-corrected chi connectivity index (χ1v) is 22.8. The van der Waals surface area contributed by atoms with Crippen molar-refractivity contribution < 1.29 is 5.11 Å². The largest absolute Gasteiger partial charge is 0.508 e. The van der Waals surface area contributed by atoms with E-state index >= 15 is 0 Å². The number of hydrogen-bond donors (Lipinski definition) is 2. The molecule has 6 heterocycles. The lowest BCUT2D eigenvalue weighted by molar-refractivity contribution is 0.476. The third-order valence-electron chi connectivity index (χ3n) is 10.7. The number of aromatic nitrogens is 6. The zero-order chi connectivity index (χ0) is 49.2. The van der Waals surface area contributed by atoms with Gasteiger partial charge in [0.15, 0.2) is 0 Å². The second kappa shape index (κ2) is 24.1. The van der Waals surface area contributed by atoms with E-state index in [4.69, 9.17) is 5.73 Å². The average molecular weight is 920 g/mol. The lowest BCUT2D eigenvalue weighted by Crippen LogP contribution is -2.09. The van der Waals surface area contributed by atoms with Gasteiger partial charge in [0.1, 0.15) is 23.2 Å². The molecule has 0 radical (unpaired) electrons. The molecule has 0 amide bonds. The smallest absolute Gasteiger partial charge is 0.127 e. The highest BCUT2D eigenvalue weighted by Gasteiger charge is 2.00. The van der Waals surface area contributed by atoms with Gasteiger partial charge in [0.05, 0.1) is 33.6 Å². The molecule has 9 rings (SSSR count). The van der Waals surface area contributed by atoms with Gasteiger partial charge in [-0.25, -0.2) is 29.9 Å². The predicted octanol–water partition coefficient (Wildman–Crippen LogP) is 13.1. The second-order valence-corrected chi connectivity index (χ2v) is 16.8. The van der Waals surface area contributed by atoms with E-state index in [9.17, 15) is 5.11 Å². The van der Waals surface area contributed by atoms with Crippen molar-refractivity contribution in [1.29, 1.82) is 0 Å². The van der Waals surface area contributed by atoms with E-state index in [1.807, 2.05) is 178 Å². The van der Waals surface area contributed by atoms with Crippen LogP contribution >= 0.6 is 0 Å². The SMILES string of the molecule is CN(C)c1ccc(/C=C/C=C/c2ccc3cc(O)ccc3n2)cn1.Cc1ccc2nc(/C=C/C=C/c3ccc(N(C)C)nc3)ccc2c1.Cc1ccc2nc(/C=C/C=C/c3ccc(N)nc3)ccc2c1. The molecule has 10 nitrogen and oxygen atoms in total. The van der Waals surface area contributed by atoms with E-state index in [-0.39, 0.29) is 5.75 Å². The van der Waals surface area contributed by atoms with Crippen molar-refractivity contribution in [2.45, 2.75) is 13.8 Å². The molecule has 0 atom stereocenters. The van der Waals surface area contributed by atoms with Crippen molar-refractivity contribution in [2.75, 3.05) is 43.7 Å². The Morgan fingerprint density at radius 1 is 0.400 bits per heavy atom. The minimum atomic E-state index is 0.254. The Hall–Kier alpha value is -9.02. The summed E-state index contributed by atoms with van der Waals surface area (Å²) in [6, 6.07) is 41.7. The Balaban J connectivity index is 0.000000155. The summed E-state index contributed by atoms with van der Waals surface area (Å²) in [6.07, 6.45) is 29.3. The van der Waals surface area contributed by atoms with Crippen LogP contribution < -0.4 is 15.5 Å². The number of hydrogen-bond acceptors (Lipinski definition) is 10. The van der Waals surface area contributed by atoms with E-state index in [0.29, 0.717) is 5.82 Å². The molecule has 3 aromatic carbocycles. The zero-order valence-electron chi connectivity index (χ0n) is 40.4. The molecule has 0 unspecified atom stereocenters.